The fourth-order valence-electron chi connectivity index (χ4n) is 5.01. The first-order chi connectivity index (χ1) is 7.55. The van der Waals surface area contributed by atoms with E-state index in [0.717, 1.165) is 32.1 Å². The van der Waals surface area contributed by atoms with E-state index < -0.39 is 6.09 Å². The summed E-state index contributed by atoms with van der Waals surface area (Å²) in [6.07, 6.45) is 5.34. The Bertz CT molecular complexity index is 314. The second-order valence-corrected chi connectivity index (χ2v) is 6.33. The summed E-state index contributed by atoms with van der Waals surface area (Å²) in [6, 6.07) is 0. The molecule has 0 spiro atoms. The lowest BCUT2D eigenvalue weighted by molar-refractivity contribution is -0.101. The van der Waals surface area contributed by atoms with Crippen LogP contribution in [0.25, 0.3) is 0 Å². The predicted octanol–water partition coefficient (Wildman–Crippen LogP) is 1.59. The van der Waals surface area contributed by atoms with Crippen molar-refractivity contribution >= 4 is 6.09 Å². The van der Waals surface area contributed by atoms with Crippen molar-refractivity contribution in [3.63, 3.8) is 0 Å². The van der Waals surface area contributed by atoms with Crippen molar-refractivity contribution in [2.24, 2.45) is 17.3 Å². The van der Waals surface area contributed by atoms with Crippen LogP contribution in [0.4, 0.5) is 4.79 Å². The Morgan fingerprint density at radius 2 is 1.88 bits per heavy atom. The van der Waals surface area contributed by atoms with Crippen LogP contribution >= 0.6 is 0 Å². The van der Waals surface area contributed by atoms with Gasteiger partial charge in [0.2, 0.25) is 0 Å². The number of hydrogen-bond donors (Lipinski definition) is 3. The quantitative estimate of drug-likeness (QED) is 0.668. The SMILES string of the molecule is O=C(O)NC12CC3CC(CC(CO)(C3)C1)C2. The molecule has 1 amide bonds. The van der Waals surface area contributed by atoms with Gasteiger partial charge >= 0.3 is 6.09 Å². The third-order valence-corrected chi connectivity index (χ3v) is 4.89. The maximum absolute atomic E-state index is 10.9. The molecule has 4 saturated carbocycles. The number of rotatable bonds is 2. The van der Waals surface area contributed by atoms with Gasteiger partial charge in [0.05, 0.1) is 0 Å². The monoisotopic (exact) mass is 225 g/mol. The maximum Gasteiger partial charge on any atom is 0.405 e. The van der Waals surface area contributed by atoms with Gasteiger partial charge in [-0.1, -0.05) is 0 Å². The van der Waals surface area contributed by atoms with Crippen LogP contribution in [0.3, 0.4) is 0 Å². The number of nitrogens with one attached hydrogen (secondary N) is 1. The number of hydrogen-bond acceptors (Lipinski definition) is 2. The zero-order valence-electron chi connectivity index (χ0n) is 9.41. The van der Waals surface area contributed by atoms with Crippen LogP contribution in [0.2, 0.25) is 0 Å². The molecule has 16 heavy (non-hydrogen) atoms. The molecule has 2 atom stereocenters. The smallest absolute Gasteiger partial charge is 0.405 e. The number of amides is 1. The highest BCUT2D eigenvalue weighted by atomic mass is 16.4. The molecule has 0 radical (unpaired) electrons. The summed E-state index contributed by atoms with van der Waals surface area (Å²) in [6.45, 7) is 0.225. The number of aliphatic hydroxyl groups is 1. The highest BCUT2D eigenvalue weighted by Gasteiger charge is 2.57. The van der Waals surface area contributed by atoms with Crippen LogP contribution in [0.5, 0.6) is 0 Å². The zero-order valence-corrected chi connectivity index (χ0v) is 9.41. The number of aliphatic hydroxyl groups excluding tert-OH is 1. The summed E-state index contributed by atoms with van der Waals surface area (Å²) in [5, 5.41) is 21.3. The Morgan fingerprint density at radius 3 is 2.38 bits per heavy atom. The van der Waals surface area contributed by atoms with Gasteiger partial charge in [-0.3, -0.25) is 0 Å². The van der Waals surface area contributed by atoms with Crippen LogP contribution in [0, 0.1) is 17.3 Å². The zero-order chi connectivity index (χ0) is 11.4. The Morgan fingerprint density at radius 1 is 1.25 bits per heavy atom. The first-order valence-electron chi connectivity index (χ1n) is 6.17. The highest BCUT2D eigenvalue weighted by molar-refractivity contribution is 5.65. The van der Waals surface area contributed by atoms with Crippen LogP contribution in [-0.2, 0) is 0 Å². The van der Waals surface area contributed by atoms with Gasteiger partial charge in [-0.05, 0) is 55.8 Å². The van der Waals surface area contributed by atoms with Gasteiger partial charge in [0.15, 0.2) is 0 Å². The predicted molar refractivity (Wildman–Crippen MR) is 58.1 cm³/mol. The molecular formula is C12H19NO3. The van der Waals surface area contributed by atoms with Crippen molar-refractivity contribution in [1.82, 2.24) is 5.32 Å². The van der Waals surface area contributed by atoms with Crippen molar-refractivity contribution < 1.29 is 15.0 Å². The Labute approximate surface area is 95.0 Å². The summed E-state index contributed by atoms with van der Waals surface area (Å²) in [4.78, 5) is 10.9. The minimum Gasteiger partial charge on any atom is -0.465 e. The molecule has 2 unspecified atom stereocenters. The van der Waals surface area contributed by atoms with E-state index in [1.54, 1.807) is 0 Å². The second kappa shape index (κ2) is 3.13. The third kappa shape index (κ3) is 1.43. The molecule has 0 heterocycles. The Hall–Kier alpha value is -0.770. The van der Waals surface area contributed by atoms with E-state index in [2.05, 4.69) is 5.32 Å². The van der Waals surface area contributed by atoms with E-state index in [0.29, 0.717) is 11.8 Å². The fourth-order valence-corrected chi connectivity index (χ4v) is 5.01. The summed E-state index contributed by atoms with van der Waals surface area (Å²) in [5.74, 6) is 1.25. The van der Waals surface area contributed by atoms with Gasteiger partial charge in [0.1, 0.15) is 0 Å². The lowest BCUT2D eigenvalue weighted by atomic mass is 9.47. The molecule has 0 aromatic rings. The molecule has 3 N–H and O–H groups in total. The average molecular weight is 225 g/mol. The summed E-state index contributed by atoms with van der Waals surface area (Å²) >= 11 is 0. The molecule has 0 aromatic heterocycles. The van der Waals surface area contributed by atoms with E-state index >= 15 is 0 Å². The Balaban J connectivity index is 1.89. The van der Waals surface area contributed by atoms with Crippen molar-refractivity contribution in [2.45, 2.75) is 44.1 Å². The molecule has 0 aliphatic heterocycles. The van der Waals surface area contributed by atoms with Gasteiger partial charge in [-0.2, -0.15) is 0 Å². The van der Waals surface area contributed by atoms with Crippen LogP contribution in [0.15, 0.2) is 0 Å². The molecule has 4 rings (SSSR count). The summed E-state index contributed by atoms with van der Waals surface area (Å²) < 4.78 is 0. The minimum absolute atomic E-state index is 0.0204. The largest absolute Gasteiger partial charge is 0.465 e. The molecular weight excluding hydrogens is 206 g/mol. The van der Waals surface area contributed by atoms with E-state index in [1.807, 2.05) is 0 Å². The molecule has 4 heteroatoms. The van der Waals surface area contributed by atoms with E-state index in [-0.39, 0.29) is 17.6 Å². The first kappa shape index (κ1) is 10.4. The lowest BCUT2D eigenvalue weighted by Crippen LogP contribution is -2.63. The third-order valence-electron chi connectivity index (χ3n) is 4.89. The summed E-state index contributed by atoms with van der Waals surface area (Å²) in [7, 11) is 0. The Kier molecular flexibility index (Phi) is 2.03. The van der Waals surface area contributed by atoms with Crippen molar-refractivity contribution in [3.8, 4) is 0 Å². The molecule has 4 bridgehead atoms. The summed E-state index contributed by atoms with van der Waals surface area (Å²) in [5.41, 5.74) is -0.203. The molecule has 4 aliphatic carbocycles. The van der Waals surface area contributed by atoms with Crippen LogP contribution in [0.1, 0.15) is 38.5 Å². The van der Waals surface area contributed by atoms with Crippen LogP contribution in [-0.4, -0.2) is 28.5 Å². The van der Waals surface area contributed by atoms with Gasteiger partial charge in [0, 0.05) is 12.1 Å². The molecule has 4 nitrogen and oxygen atoms in total. The van der Waals surface area contributed by atoms with E-state index in [9.17, 15) is 9.90 Å². The fraction of sp³-hybridized carbons (Fsp3) is 0.917. The van der Waals surface area contributed by atoms with Crippen molar-refractivity contribution in [1.29, 1.82) is 0 Å². The molecule has 0 saturated heterocycles. The van der Waals surface area contributed by atoms with Gasteiger partial charge < -0.3 is 15.5 Å². The molecule has 0 aromatic carbocycles. The first-order valence-corrected chi connectivity index (χ1v) is 6.17. The topological polar surface area (TPSA) is 69.6 Å². The van der Waals surface area contributed by atoms with Gasteiger partial charge in [0.25, 0.3) is 0 Å². The normalized spacial score (nSPS) is 49.3. The van der Waals surface area contributed by atoms with Crippen molar-refractivity contribution in [2.75, 3.05) is 6.61 Å². The molecule has 4 fully saturated rings. The van der Waals surface area contributed by atoms with E-state index in [1.165, 1.54) is 6.42 Å². The van der Waals surface area contributed by atoms with Crippen LogP contribution < -0.4 is 5.32 Å². The maximum atomic E-state index is 10.9. The lowest BCUT2D eigenvalue weighted by Gasteiger charge is -2.61. The van der Waals surface area contributed by atoms with Gasteiger partial charge in [-0.15, -0.1) is 0 Å². The minimum atomic E-state index is -0.907. The average Bonchev–Trinajstić information content (AvgIpc) is 2.13. The number of carboxylic acid groups (broad SMARTS) is 1. The molecule has 4 aliphatic rings. The van der Waals surface area contributed by atoms with E-state index in [4.69, 9.17) is 5.11 Å². The second-order valence-electron chi connectivity index (χ2n) is 6.33. The van der Waals surface area contributed by atoms with Gasteiger partial charge in [-0.25, -0.2) is 4.79 Å². The van der Waals surface area contributed by atoms with Crippen molar-refractivity contribution in [3.05, 3.63) is 0 Å². The standard InChI is InChI=1S/C12H19NO3/c14-7-11-2-8-1-9(3-11)5-12(4-8,6-11)13-10(15)16/h8-9,13-14H,1-7H2,(H,15,16). The number of carbonyl (C=O) groups is 1. The molecule has 90 valence electrons. The highest BCUT2D eigenvalue weighted by Crippen LogP contribution is 2.61.